The molecule has 1 aromatic carbocycles. The van der Waals surface area contributed by atoms with Crippen LogP contribution in [0.25, 0.3) is 0 Å². The van der Waals surface area contributed by atoms with E-state index in [1.165, 1.54) is 22.2 Å². The van der Waals surface area contributed by atoms with Crippen molar-refractivity contribution in [3.05, 3.63) is 91.0 Å². The zero-order valence-corrected chi connectivity index (χ0v) is 20.4. The van der Waals surface area contributed by atoms with Gasteiger partial charge in [-0.15, -0.1) is 11.3 Å². The molecule has 6 rings (SSSR count). The minimum absolute atomic E-state index is 0.0375. The minimum atomic E-state index is -1.07. The summed E-state index contributed by atoms with van der Waals surface area (Å²) in [5.74, 6) is -3.18. The maximum atomic E-state index is 14.7. The van der Waals surface area contributed by atoms with Crippen LogP contribution in [0.2, 0.25) is 5.02 Å². The summed E-state index contributed by atoms with van der Waals surface area (Å²) in [7, 11) is 0. The molecule has 1 fully saturated rings. The van der Waals surface area contributed by atoms with Gasteiger partial charge in [-0.2, -0.15) is 0 Å². The number of amides is 1. The van der Waals surface area contributed by atoms with Crippen LogP contribution in [0.1, 0.15) is 46.2 Å². The van der Waals surface area contributed by atoms with Crippen LogP contribution >= 0.6 is 22.9 Å². The average molecular weight is 532 g/mol. The maximum Gasteiger partial charge on any atom is 0.278 e. The second-order valence-electron chi connectivity index (χ2n) is 9.05. The lowest BCUT2D eigenvalue weighted by molar-refractivity contribution is 0.0256. The number of carbonyl (C=O) groups is 1. The van der Waals surface area contributed by atoms with Crippen molar-refractivity contribution >= 4 is 28.8 Å². The van der Waals surface area contributed by atoms with Crippen LogP contribution in [0.5, 0.6) is 11.5 Å². The van der Waals surface area contributed by atoms with Crippen molar-refractivity contribution in [2.45, 2.75) is 30.8 Å². The number of pyridine rings is 1. The van der Waals surface area contributed by atoms with Crippen molar-refractivity contribution in [3.63, 3.8) is 0 Å². The largest absolute Gasteiger partial charge is 0.502 e. The summed E-state index contributed by atoms with van der Waals surface area (Å²) in [5.41, 5.74) is -1.26. The summed E-state index contributed by atoms with van der Waals surface area (Å²) in [6.07, 6.45) is 7.29. The molecule has 0 saturated heterocycles. The third kappa shape index (κ3) is 3.35. The van der Waals surface area contributed by atoms with Crippen LogP contribution in [0.15, 0.2) is 52.8 Å². The minimum Gasteiger partial charge on any atom is -0.502 e. The number of benzene rings is 1. The third-order valence-corrected chi connectivity index (χ3v) is 8.53. The predicted octanol–water partition coefficient (Wildman–Crippen LogP) is 4.56. The zero-order valence-electron chi connectivity index (χ0n) is 18.8. The molecule has 2 aromatic heterocycles. The first-order chi connectivity index (χ1) is 17.3. The standard InChI is InChI=1S/C25H20ClF2N3O4S/c26-15-4-10-36-23(15)20-14-11-16(27)17(28)12-19(14)35-9-2-7-25(5-1-6-25)29-13-31(20)30-8-3-18(32)22(33)21(30)24(29)34/h2-4,7-8,10-12,20,33H,1,5-6,9,13H2/b7-2+. The zero-order chi connectivity index (χ0) is 25.2. The molecule has 7 nitrogen and oxygen atoms in total. The predicted molar refractivity (Wildman–Crippen MR) is 130 cm³/mol. The first-order valence-corrected chi connectivity index (χ1v) is 12.6. The highest BCUT2D eigenvalue weighted by atomic mass is 35.5. The number of hydrogen-bond donors (Lipinski definition) is 1. The molecule has 4 heterocycles. The third-order valence-electron chi connectivity index (χ3n) is 7.12. The van der Waals surface area contributed by atoms with E-state index in [0.29, 0.717) is 22.7 Å². The van der Waals surface area contributed by atoms with E-state index < -0.39 is 40.3 Å². The van der Waals surface area contributed by atoms with Crippen molar-refractivity contribution in [2.24, 2.45) is 0 Å². The lowest BCUT2D eigenvalue weighted by Gasteiger charge is -2.53. The number of carbonyl (C=O) groups excluding carboxylic acids is 1. The smallest absolute Gasteiger partial charge is 0.278 e. The van der Waals surface area contributed by atoms with E-state index in [2.05, 4.69) is 0 Å². The number of nitrogens with zero attached hydrogens (tertiary/aromatic N) is 3. The molecular formula is C25H20ClF2N3O4S. The van der Waals surface area contributed by atoms with Crippen molar-refractivity contribution in [3.8, 4) is 11.5 Å². The van der Waals surface area contributed by atoms with Gasteiger partial charge in [-0.1, -0.05) is 17.7 Å². The lowest BCUT2D eigenvalue weighted by atomic mass is 9.74. The average Bonchev–Trinajstić information content (AvgIpc) is 3.24. The van der Waals surface area contributed by atoms with Crippen LogP contribution in [0.3, 0.4) is 0 Å². The van der Waals surface area contributed by atoms with Crippen LogP contribution in [0, 0.1) is 11.6 Å². The quantitative estimate of drug-likeness (QED) is 0.466. The summed E-state index contributed by atoms with van der Waals surface area (Å²) in [5, 5.41) is 14.6. The normalized spacial score (nSPS) is 21.2. The van der Waals surface area contributed by atoms with E-state index in [9.17, 15) is 23.5 Å². The van der Waals surface area contributed by atoms with Gasteiger partial charge in [0.15, 0.2) is 23.1 Å². The number of aromatic nitrogens is 1. The van der Waals surface area contributed by atoms with E-state index in [-0.39, 0.29) is 30.3 Å². The molecule has 1 amide bonds. The van der Waals surface area contributed by atoms with Gasteiger partial charge >= 0.3 is 0 Å². The van der Waals surface area contributed by atoms with Crippen molar-refractivity contribution in [2.75, 3.05) is 18.3 Å². The number of fused-ring (bicyclic) bond motifs is 6. The first kappa shape index (κ1) is 23.1. The lowest BCUT2D eigenvalue weighted by Crippen LogP contribution is -2.64. The number of thiophene rings is 1. The fraction of sp³-hybridized carbons (Fsp3) is 0.280. The molecule has 186 valence electrons. The van der Waals surface area contributed by atoms with E-state index in [1.807, 2.05) is 6.08 Å². The van der Waals surface area contributed by atoms with E-state index in [4.69, 9.17) is 16.3 Å². The summed E-state index contributed by atoms with van der Waals surface area (Å²) < 4.78 is 36.3. The van der Waals surface area contributed by atoms with Crippen LogP contribution in [-0.2, 0) is 0 Å². The molecule has 1 unspecified atom stereocenters. The Labute approximate surface area is 213 Å². The second-order valence-corrected chi connectivity index (χ2v) is 10.4. The van der Waals surface area contributed by atoms with Crippen molar-refractivity contribution in [1.82, 2.24) is 9.58 Å². The van der Waals surface area contributed by atoms with Gasteiger partial charge in [0.1, 0.15) is 25.1 Å². The Morgan fingerprint density at radius 3 is 2.64 bits per heavy atom. The molecule has 1 N–H and O–H groups in total. The maximum absolute atomic E-state index is 14.7. The van der Waals surface area contributed by atoms with Crippen molar-refractivity contribution in [1.29, 1.82) is 0 Å². The monoisotopic (exact) mass is 531 g/mol. The number of halogens is 3. The Morgan fingerprint density at radius 2 is 1.94 bits per heavy atom. The molecule has 3 aromatic rings. The fourth-order valence-electron chi connectivity index (χ4n) is 5.18. The molecule has 11 heteroatoms. The number of aromatic hydroxyl groups is 1. The van der Waals surface area contributed by atoms with E-state index >= 15 is 0 Å². The van der Waals surface area contributed by atoms with Crippen LogP contribution < -0.4 is 15.2 Å². The van der Waals surface area contributed by atoms with Gasteiger partial charge in [0, 0.05) is 23.9 Å². The van der Waals surface area contributed by atoms with Crippen LogP contribution in [-0.4, -0.2) is 39.4 Å². The molecule has 2 aliphatic heterocycles. The summed E-state index contributed by atoms with van der Waals surface area (Å²) in [6, 6.07) is 4.07. The topological polar surface area (TPSA) is 75.0 Å². The number of ether oxygens (including phenoxy) is 1. The van der Waals surface area contributed by atoms with Gasteiger partial charge in [0.05, 0.1) is 15.4 Å². The molecule has 1 atom stereocenters. The SMILES string of the molecule is O=C1c2c(O)c(=O)ccn2N2CN1C1(/C=C/COc3cc(F)c(F)cc3C2c2sccc2Cl)CCC1. The molecule has 0 radical (unpaired) electrons. The molecule has 1 aliphatic carbocycles. The highest BCUT2D eigenvalue weighted by Gasteiger charge is 2.49. The van der Waals surface area contributed by atoms with Gasteiger partial charge in [-0.05, 0) is 42.9 Å². The molecule has 2 bridgehead atoms. The van der Waals surface area contributed by atoms with Gasteiger partial charge in [-0.25, -0.2) is 8.78 Å². The second kappa shape index (κ2) is 8.35. The Bertz CT molecular complexity index is 1480. The Hall–Kier alpha value is -3.37. The van der Waals surface area contributed by atoms with Gasteiger partial charge in [0.2, 0.25) is 5.43 Å². The molecule has 36 heavy (non-hydrogen) atoms. The fourth-order valence-corrected chi connectivity index (χ4v) is 6.46. The molecule has 1 saturated carbocycles. The summed E-state index contributed by atoms with van der Waals surface area (Å²) in [6.45, 7) is 0.110. The highest BCUT2D eigenvalue weighted by molar-refractivity contribution is 7.10. The van der Waals surface area contributed by atoms with Gasteiger partial charge < -0.3 is 14.7 Å². The Balaban J connectivity index is 1.68. The summed E-state index contributed by atoms with van der Waals surface area (Å²) in [4.78, 5) is 28.3. The van der Waals surface area contributed by atoms with E-state index in [1.54, 1.807) is 27.4 Å². The van der Waals surface area contributed by atoms with Gasteiger partial charge in [-0.3, -0.25) is 19.3 Å². The number of rotatable bonds is 1. The van der Waals surface area contributed by atoms with Crippen molar-refractivity contribution < 1.29 is 23.4 Å². The Morgan fingerprint density at radius 1 is 1.17 bits per heavy atom. The molecular weight excluding hydrogens is 512 g/mol. The van der Waals surface area contributed by atoms with Gasteiger partial charge in [0.25, 0.3) is 5.91 Å². The van der Waals surface area contributed by atoms with Crippen LogP contribution in [0.4, 0.5) is 8.78 Å². The molecule has 3 aliphatic rings. The number of hydrogen-bond acceptors (Lipinski definition) is 6. The molecule has 1 spiro atoms. The Kier molecular flexibility index (Phi) is 5.34. The summed E-state index contributed by atoms with van der Waals surface area (Å²) >= 11 is 7.87. The van der Waals surface area contributed by atoms with E-state index in [0.717, 1.165) is 24.6 Å². The first-order valence-electron chi connectivity index (χ1n) is 11.4. The highest BCUT2D eigenvalue weighted by Crippen LogP contribution is 2.46.